The Morgan fingerprint density at radius 3 is 1.90 bits per heavy atom. The van der Waals surface area contributed by atoms with Crippen molar-refractivity contribution < 1.29 is 47.3 Å². The summed E-state index contributed by atoms with van der Waals surface area (Å²) >= 11 is 0. The van der Waals surface area contributed by atoms with Gasteiger partial charge in [0.05, 0.1) is 41.9 Å². The first-order chi connectivity index (χ1) is 19.9. The molecule has 250 valence electrons. The smallest absolute Gasteiger partial charge is 0.187 e. The third-order valence-corrected chi connectivity index (χ3v) is 52.9. The Balaban J connectivity index is 0.000000305. The van der Waals surface area contributed by atoms with Crippen LogP contribution in [0.5, 0.6) is 0 Å². The van der Waals surface area contributed by atoms with Crippen LogP contribution >= 0.6 is 149 Å². The molecule has 2 bridgehead atoms. The molecule has 0 aliphatic carbocycles. The maximum Gasteiger partial charge on any atom is 0.187 e. The van der Waals surface area contributed by atoms with E-state index in [1.807, 2.05) is 6.92 Å². The standard InChI is InChI=1S/C7H26O5P12.C7H18O5P6/c1-3-6(12-23(21-15)24(17)18)7(11-19-13)5(8)4(10-3)2-9-22(16)20-14;1-9-5-4(8)3-2-10-7(11-3)6(5)12-17(16-13)18(14)15/h3-8,19-21H,2,13-18H2,1H3;3-8,16H,2,13-15H2,1H3/t3-,4?,5+,6?,7-,22?,23?;3?,4?,5-,6-,7?,17?/m00/s1. The van der Waals surface area contributed by atoms with Crippen LogP contribution in [-0.4, -0.2) is 91.8 Å². The van der Waals surface area contributed by atoms with Gasteiger partial charge in [-0.15, -0.1) is 62.5 Å². The highest BCUT2D eigenvalue weighted by Gasteiger charge is 2.52. The van der Waals surface area contributed by atoms with Gasteiger partial charge >= 0.3 is 0 Å². The lowest BCUT2D eigenvalue weighted by Gasteiger charge is -2.44. The lowest BCUT2D eigenvalue weighted by molar-refractivity contribution is -0.225. The highest BCUT2D eigenvalue weighted by atomic mass is 32.9. The average molecular weight is 930 g/mol. The summed E-state index contributed by atoms with van der Waals surface area (Å²) in [5.41, 5.74) is 0. The second-order valence-corrected chi connectivity index (χ2v) is 53.2. The zero-order valence-corrected chi connectivity index (χ0v) is 41.6. The largest absolute Gasteiger partial charge is 0.387 e. The lowest BCUT2D eigenvalue weighted by Crippen LogP contribution is -2.58. The summed E-state index contributed by atoms with van der Waals surface area (Å²) in [5, 5.41) is 20.9. The van der Waals surface area contributed by atoms with Crippen LogP contribution in [0.4, 0.5) is 0 Å². The van der Waals surface area contributed by atoms with Gasteiger partial charge in [0, 0.05) is 15.6 Å². The molecule has 3 aliphatic rings. The first kappa shape index (κ1) is 45.5. The molecule has 42 heavy (non-hydrogen) atoms. The van der Waals surface area contributed by atoms with E-state index in [9.17, 15) is 10.2 Å². The van der Waals surface area contributed by atoms with Gasteiger partial charge in [-0.05, 0) is 44.8 Å². The van der Waals surface area contributed by atoms with Crippen LogP contribution in [0.1, 0.15) is 6.92 Å². The van der Waals surface area contributed by atoms with E-state index in [4.69, 9.17) is 37.0 Å². The van der Waals surface area contributed by atoms with E-state index in [0.29, 0.717) is 37.1 Å². The van der Waals surface area contributed by atoms with Gasteiger partial charge in [-0.2, -0.15) is 0 Å². The van der Waals surface area contributed by atoms with Gasteiger partial charge in [-0.25, -0.2) is 0 Å². The summed E-state index contributed by atoms with van der Waals surface area (Å²) in [6.45, 7) is 2.11. The van der Waals surface area contributed by atoms with E-state index in [2.05, 4.69) is 80.4 Å². The van der Waals surface area contributed by atoms with E-state index < -0.39 is 53.3 Å². The Bertz CT molecular complexity index is 755. The molecule has 26 atom stereocenters. The summed E-state index contributed by atoms with van der Waals surface area (Å²) in [6.07, 6.45) is -4.11. The van der Waals surface area contributed by atoms with Crippen molar-refractivity contribution >= 4 is 149 Å². The summed E-state index contributed by atoms with van der Waals surface area (Å²) in [4.78, 5) is 0. The van der Waals surface area contributed by atoms with Crippen LogP contribution in [0.3, 0.4) is 0 Å². The SMILES string of the molecule is CO[C@H]1C(O)C2COC(O2)[C@H]1OP(PP)P(P)P.C[C@@H]1OC(COP(P)PP)[C@@H](O)[C@H](OPP)C1OP(PP)P(P)P. The molecule has 0 saturated carbocycles. The van der Waals surface area contributed by atoms with Crippen LogP contribution in [0, 0.1) is 0 Å². The monoisotopic (exact) mass is 930 g/mol. The minimum Gasteiger partial charge on any atom is -0.387 e. The third-order valence-electron chi connectivity index (χ3n) is 6.00. The van der Waals surface area contributed by atoms with E-state index >= 15 is 0 Å². The minimum atomic E-state index is -0.759. The minimum absolute atomic E-state index is 0.154. The number of hydrogen-bond acceptors (Lipinski definition) is 10. The number of fused-ring (bicyclic) bond motifs is 2. The number of aliphatic hydroxyl groups is 2. The Morgan fingerprint density at radius 2 is 1.40 bits per heavy atom. The van der Waals surface area contributed by atoms with Crippen molar-refractivity contribution in [2.24, 2.45) is 0 Å². The first-order valence-electron chi connectivity index (χ1n) is 12.0. The highest BCUT2D eigenvalue weighted by molar-refractivity contribution is 8.87. The number of ether oxygens (including phenoxy) is 4. The van der Waals surface area contributed by atoms with Crippen molar-refractivity contribution in [2.45, 2.75) is 68.1 Å². The third kappa shape index (κ3) is 14.3. The zero-order chi connectivity index (χ0) is 31.6. The van der Waals surface area contributed by atoms with Crippen molar-refractivity contribution in [3.63, 3.8) is 0 Å². The lowest BCUT2D eigenvalue weighted by atomic mass is 9.96. The van der Waals surface area contributed by atoms with Crippen molar-refractivity contribution in [2.75, 3.05) is 20.3 Å². The van der Waals surface area contributed by atoms with E-state index in [0.717, 1.165) is 0 Å². The molecule has 21 unspecified atom stereocenters. The second kappa shape index (κ2) is 24.6. The molecule has 3 rings (SSSR count). The Kier molecular flexibility index (Phi) is 26.7. The van der Waals surface area contributed by atoms with Crippen molar-refractivity contribution in [3.05, 3.63) is 0 Å². The Labute approximate surface area is 283 Å². The van der Waals surface area contributed by atoms with Crippen LogP contribution in [0.15, 0.2) is 0 Å². The van der Waals surface area contributed by atoms with Crippen LogP contribution in [0.25, 0.3) is 0 Å². The molecular weight excluding hydrogens is 886 g/mol. The molecule has 3 fully saturated rings. The van der Waals surface area contributed by atoms with Gasteiger partial charge in [0.2, 0.25) is 0 Å². The van der Waals surface area contributed by atoms with Gasteiger partial charge in [0.15, 0.2) is 6.29 Å². The number of hydrogen-bond donors (Lipinski definition) is 2. The summed E-state index contributed by atoms with van der Waals surface area (Å²) in [7, 11) is 26.8. The average Bonchev–Trinajstić information content (AvgIpc) is 3.41. The molecule has 0 aromatic heterocycles. The first-order valence-corrected chi connectivity index (χ1v) is 41.6. The summed E-state index contributed by atoms with van der Waals surface area (Å²) < 4.78 is 46.6. The normalized spacial score (nSPS) is 38.1. The van der Waals surface area contributed by atoms with Gasteiger partial charge in [-0.1, -0.05) is 17.9 Å². The number of methoxy groups -OCH3 is 1. The van der Waals surface area contributed by atoms with Crippen LogP contribution < -0.4 is 0 Å². The predicted molar refractivity (Wildman–Crippen MR) is 228 cm³/mol. The molecular formula is C14H44O10P18. The predicted octanol–water partition coefficient (Wildman–Crippen LogP) is 7.89. The molecule has 3 aliphatic heterocycles. The molecule has 0 radical (unpaired) electrons. The van der Waals surface area contributed by atoms with E-state index in [-0.39, 0.29) is 53.0 Å². The Morgan fingerprint density at radius 1 is 0.810 bits per heavy atom. The molecule has 3 heterocycles. The molecule has 0 aromatic rings. The summed E-state index contributed by atoms with van der Waals surface area (Å²) in [5.74, 6) is 0. The van der Waals surface area contributed by atoms with Gasteiger partial charge in [0.25, 0.3) is 0 Å². The second-order valence-electron chi connectivity index (χ2n) is 8.59. The molecule has 3 saturated heterocycles. The molecule has 0 aromatic carbocycles. The zero-order valence-electron chi connectivity index (χ0n) is 22.8. The highest BCUT2D eigenvalue weighted by Crippen LogP contribution is 2.90. The fraction of sp³-hybridized carbons (Fsp3) is 1.00. The molecule has 2 N–H and O–H groups in total. The van der Waals surface area contributed by atoms with Crippen molar-refractivity contribution in [3.8, 4) is 0 Å². The Hall–Kier alpha value is 7.34. The molecule has 10 nitrogen and oxygen atoms in total. The molecule has 0 spiro atoms. The molecule has 0 amide bonds. The van der Waals surface area contributed by atoms with Crippen molar-refractivity contribution in [1.29, 1.82) is 0 Å². The maximum absolute atomic E-state index is 10.7. The van der Waals surface area contributed by atoms with Gasteiger partial charge < -0.3 is 47.3 Å². The van der Waals surface area contributed by atoms with Gasteiger partial charge in [-0.3, -0.25) is 0 Å². The summed E-state index contributed by atoms with van der Waals surface area (Å²) in [6, 6.07) is 0. The molecule has 28 heteroatoms. The van der Waals surface area contributed by atoms with Gasteiger partial charge in [0.1, 0.15) is 48.8 Å². The van der Waals surface area contributed by atoms with E-state index in [1.165, 1.54) is 0 Å². The maximum atomic E-state index is 10.7. The topological polar surface area (TPSA) is 114 Å². The van der Waals surface area contributed by atoms with E-state index in [1.54, 1.807) is 7.11 Å². The number of aliphatic hydroxyl groups excluding tert-OH is 2. The van der Waals surface area contributed by atoms with Crippen LogP contribution in [-0.2, 0) is 37.0 Å². The quantitative estimate of drug-likeness (QED) is 0.157. The fourth-order valence-corrected chi connectivity index (χ4v) is 45.8. The van der Waals surface area contributed by atoms with Crippen molar-refractivity contribution in [1.82, 2.24) is 0 Å². The number of rotatable bonds is 15. The fourth-order valence-electron chi connectivity index (χ4n) is 4.07. The van der Waals surface area contributed by atoms with Crippen LogP contribution in [0.2, 0.25) is 0 Å².